The van der Waals surface area contributed by atoms with Gasteiger partial charge in [0, 0.05) is 5.92 Å². The molecule has 0 aliphatic heterocycles. The molecular formula is C19H22N2O4S. The number of amides is 2. The molecule has 2 aromatic rings. The minimum absolute atomic E-state index is 0.0440. The predicted molar refractivity (Wildman–Crippen MR) is 101 cm³/mol. The zero-order chi connectivity index (χ0) is 18.4. The minimum Gasteiger partial charge on any atom is -0.494 e. The van der Waals surface area contributed by atoms with Crippen LogP contribution >= 0.6 is 11.3 Å². The van der Waals surface area contributed by atoms with Gasteiger partial charge in [-0.3, -0.25) is 9.59 Å². The smallest absolute Gasteiger partial charge is 0.261 e. The normalized spacial score (nSPS) is 13.1. The van der Waals surface area contributed by atoms with Gasteiger partial charge in [-0.2, -0.15) is 0 Å². The number of hydrogen-bond acceptors (Lipinski definition) is 5. The molecule has 0 spiro atoms. The lowest BCUT2D eigenvalue weighted by molar-refractivity contribution is -0.117. The Hall–Kier alpha value is -2.54. The molecular weight excluding hydrogens is 352 g/mol. The minimum atomic E-state index is -0.169. The van der Waals surface area contributed by atoms with E-state index in [1.165, 1.54) is 11.3 Å². The van der Waals surface area contributed by atoms with Gasteiger partial charge < -0.3 is 20.1 Å². The molecule has 1 aliphatic rings. The van der Waals surface area contributed by atoms with Gasteiger partial charge in [0.2, 0.25) is 5.91 Å². The Labute approximate surface area is 156 Å². The molecule has 0 saturated heterocycles. The first kappa shape index (κ1) is 18.3. The van der Waals surface area contributed by atoms with Gasteiger partial charge in [0.05, 0.1) is 23.0 Å². The number of ether oxygens (including phenoxy) is 2. The molecule has 138 valence electrons. The van der Waals surface area contributed by atoms with Crippen LogP contribution in [0.15, 0.2) is 36.4 Å². The molecule has 1 heterocycles. The Morgan fingerprint density at radius 3 is 2.42 bits per heavy atom. The van der Waals surface area contributed by atoms with Crippen molar-refractivity contribution in [3.05, 3.63) is 41.3 Å². The van der Waals surface area contributed by atoms with Crippen LogP contribution in [0.2, 0.25) is 0 Å². The highest BCUT2D eigenvalue weighted by Crippen LogP contribution is 2.31. The second-order valence-corrected chi connectivity index (χ2v) is 7.02. The number of nitrogens with one attached hydrogen (secondary N) is 2. The van der Waals surface area contributed by atoms with Crippen molar-refractivity contribution in [3.8, 4) is 11.5 Å². The lowest BCUT2D eigenvalue weighted by Crippen LogP contribution is -2.27. The molecule has 26 heavy (non-hydrogen) atoms. The van der Waals surface area contributed by atoms with Gasteiger partial charge in [0.15, 0.2) is 0 Å². The van der Waals surface area contributed by atoms with Crippen molar-refractivity contribution in [2.24, 2.45) is 5.92 Å². The van der Waals surface area contributed by atoms with Crippen LogP contribution in [-0.4, -0.2) is 31.6 Å². The lowest BCUT2D eigenvalue weighted by atomic mass is 10.3. The van der Waals surface area contributed by atoms with Gasteiger partial charge in [0.25, 0.3) is 5.91 Å². The summed E-state index contributed by atoms with van der Waals surface area (Å²) in [4.78, 5) is 24.4. The van der Waals surface area contributed by atoms with Crippen LogP contribution in [0, 0.1) is 5.92 Å². The average Bonchev–Trinajstić information content (AvgIpc) is 3.40. The lowest BCUT2D eigenvalue weighted by Gasteiger charge is -2.08. The van der Waals surface area contributed by atoms with Crippen molar-refractivity contribution < 1.29 is 19.1 Å². The van der Waals surface area contributed by atoms with Crippen molar-refractivity contribution in [2.45, 2.75) is 19.8 Å². The Bertz CT molecular complexity index is 753. The standard InChI is InChI=1S/C19H22N2O4S/c1-2-24-14-5-7-15(8-6-14)25-12-11-20-19(23)16-9-10-17(26-16)21-18(22)13-3-4-13/h5-10,13H,2-4,11-12H2,1H3,(H,20,23)(H,21,22). The van der Waals surface area contributed by atoms with Crippen LogP contribution in [0.1, 0.15) is 29.4 Å². The summed E-state index contributed by atoms with van der Waals surface area (Å²) in [6, 6.07) is 10.8. The Morgan fingerprint density at radius 1 is 1.08 bits per heavy atom. The third-order valence-corrected chi connectivity index (χ3v) is 4.81. The molecule has 1 aromatic heterocycles. The molecule has 0 atom stereocenters. The number of hydrogen-bond donors (Lipinski definition) is 2. The van der Waals surface area contributed by atoms with Crippen molar-refractivity contribution in [2.75, 3.05) is 25.1 Å². The number of rotatable bonds is 9. The molecule has 0 radical (unpaired) electrons. The third kappa shape index (κ3) is 5.23. The fourth-order valence-corrected chi connectivity index (χ4v) is 3.14. The summed E-state index contributed by atoms with van der Waals surface area (Å²) in [5, 5.41) is 6.36. The first-order valence-corrected chi connectivity index (χ1v) is 9.52. The second kappa shape index (κ2) is 8.71. The van der Waals surface area contributed by atoms with E-state index >= 15 is 0 Å². The van der Waals surface area contributed by atoms with Gasteiger partial charge in [-0.25, -0.2) is 0 Å². The maximum atomic E-state index is 12.1. The van der Waals surface area contributed by atoms with E-state index in [9.17, 15) is 9.59 Å². The van der Waals surface area contributed by atoms with Crippen molar-refractivity contribution in [1.82, 2.24) is 5.32 Å². The monoisotopic (exact) mass is 374 g/mol. The van der Waals surface area contributed by atoms with Gasteiger partial charge in [-0.1, -0.05) is 0 Å². The molecule has 1 saturated carbocycles. The average molecular weight is 374 g/mol. The summed E-state index contributed by atoms with van der Waals surface area (Å²) in [6.07, 6.45) is 1.91. The van der Waals surface area contributed by atoms with Crippen LogP contribution in [-0.2, 0) is 4.79 Å². The molecule has 0 bridgehead atoms. The largest absolute Gasteiger partial charge is 0.494 e. The molecule has 1 aliphatic carbocycles. The number of carbonyl (C=O) groups excluding carboxylic acids is 2. The highest BCUT2D eigenvalue weighted by Gasteiger charge is 2.29. The van der Waals surface area contributed by atoms with Crippen LogP contribution in [0.4, 0.5) is 5.00 Å². The fraction of sp³-hybridized carbons (Fsp3) is 0.368. The van der Waals surface area contributed by atoms with E-state index in [2.05, 4.69) is 10.6 Å². The van der Waals surface area contributed by atoms with E-state index < -0.39 is 0 Å². The van der Waals surface area contributed by atoms with E-state index in [-0.39, 0.29) is 17.7 Å². The summed E-state index contributed by atoms with van der Waals surface area (Å²) < 4.78 is 11.0. The van der Waals surface area contributed by atoms with Crippen molar-refractivity contribution in [1.29, 1.82) is 0 Å². The molecule has 6 nitrogen and oxygen atoms in total. The van der Waals surface area contributed by atoms with Gasteiger partial charge in [-0.15, -0.1) is 11.3 Å². The molecule has 1 fully saturated rings. The van der Waals surface area contributed by atoms with Crippen LogP contribution in [0.25, 0.3) is 0 Å². The first-order valence-electron chi connectivity index (χ1n) is 8.70. The zero-order valence-corrected chi connectivity index (χ0v) is 15.4. The second-order valence-electron chi connectivity index (χ2n) is 5.94. The van der Waals surface area contributed by atoms with E-state index in [1.807, 2.05) is 31.2 Å². The van der Waals surface area contributed by atoms with Gasteiger partial charge in [0.1, 0.15) is 18.1 Å². The molecule has 0 unspecified atom stereocenters. The topological polar surface area (TPSA) is 76.7 Å². The first-order chi connectivity index (χ1) is 12.7. The highest BCUT2D eigenvalue weighted by molar-refractivity contribution is 7.18. The molecule has 2 N–H and O–H groups in total. The molecule has 7 heteroatoms. The number of carbonyl (C=O) groups is 2. The van der Waals surface area contributed by atoms with E-state index in [1.54, 1.807) is 12.1 Å². The summed E-state index contributed by atoms with van der Waals surface area (Å²) in [5.74, 6) is 1.55. The summed E-state index contributed by atoms with van der Waals surface area (Å²) >= 11 is 1.28. The van der Waals surface area contributed by atoms with Gasteiger partial charge >= 0.3 is 0 Å². The Kier molecular flexibility index (Phi) is 6.12. The van der Waals surface area contributed by atoms with Crippen LogP contribution in [0.5, 0.6) is 11.5 Å². The number of anilines is 1. The van der Waals surface area contributed by atoms with E-state index in [4.69, 9.17) is 9.47 Å². The fourth-order valence-electron chi connectivity index (χ4n) is 2.32. The SMILES string of the molecule is CCOc1ccc(OCCNC(=O)c2ccc(NC(=O)C3CC3)s2)cc1. The number of thiophene rings is 1. The molecule has 2 amide bonds. The van der Waals surface area contributed by atoms with Crippen molar-refractivity contribution >= 4 is 28.2 Å². The van der Waals surface area contributed by atoms with Crippen LogP contribution < -0.4 is 20.1 Å². The number of benzene rings is 1. The summed E-state index contributed by atoms with van der Waals surface area (Å²) in [6.45, 7) is 3.33. The van der Waals surface area contributed by atoms with Crippen molar-refractivity contribution in [3.63, 3.8) is 0 Å². The maximum absolute atomic E-state index is 12.1. The molecule has 3 rings (SSSR count). The quantitative estimate of drug-likeness (QED) is 0.660. The maximum Gasteiger partial charge on any atom is 0.261 e. The summed E-state index contributed by atoms with van der Waals surface area (Å²) in [7, 11) is 0. The van der Waals surface area contributed by atoms with Gasteiger partial charge in [-0.05, 0) is 56.2 Å². The Balaban J connectivity index is 1.38. The molecule has 1 aromatic carbocycles. The highest BCUT2D eigenvalue weighted by atomic mass is 32.1. The van der Waals surface area contributed by atoms with E-state index in [0.717, 1.165) is 24.3 Å². The zero-order valence-electron chi connectivity index (χ0n) is 14.6. The predicted octanol–water partition coefficient (Wildman–Crippen LogP) is 3.30. The van der Waals surface area contributed by atoms with Crippen LogP contribution in [0.3, 0.4) is 0 Å². The Morgan fingerprint density at radius 2 is 1.77 bits per heavy atom. The summed E-state index contributed by atoms with van der Waals surface area (Å²) in [5.41, 5.74) is 0. The third-order valence-electron chi connectivity index (χ3n) is 3.82. The van der Waals surface area contributed by atoms with E-state index in [0.29, 0.717) is 29.6 Å².